The summed E-state index contributed by atoms with van der Waals surface area (Å²) in [5.74, 6) is 0.674. The molecule has 3 heterocycles. The standard InChI is InChI=1S/C21H29N7O2/c1-4-15-5-6-18-16(13-15)14-17(21(29)22-18)19(27-9-7-26(2)8-10-27)20-23-24-25-28(20)11-12-30-3/h5-6,13-14,19H,4,7-12H2,1-3H3,(H,22,29). The lowest BCUT2D eigenvalue weighted by atomic mass is 10.0. The van der Waals surface area contributed by atoms with E-state index in [-0.39, 0.29) is 11.6 Å². The molecule has 1 N–H and O–H groups in total. The van der Waals surface area contributed by atoms with E-state index in [0.717, 1.165) is 43.5 Å². The van der Waals surface area contributed by atoms with Crippen LogP contribution in [0.4, 0.5) is 0 Å². The number of H-pyrrole nitrogens is 1. The van der Waals surface area contributed by atoms with Gasteiger partial charge < -0.3 is 14.6 Å². The van der Waals surface area contributed by atoms with Crippen LogP contribution in [0.25, 0.3) is 10.9 Å². The van der Waals surface area contributed by atoms with E-state index < -0.39 is 0 Å². The highest BCUT2D eigenvalue weighted by atomic mass is 16.5. The maximum absolute atomic E-state index is 13.2. The number of ether oxygens (including phenoxy) is 1. The molecule has 1 fully saturated rings. The van der Waals surface area contributed by atoms with Gasteiger partial charge in [-0.1, -0.05) is 13.0 Å². The van der Waals surface area contributed by atoms with Gasteiger partial charge in [-0.05, 0) is 53.0 Å². The van der Waals surface area contributed by atoms with Crippen molar-refractivity contribution in [1.82, 2.24) is 35.0 Å². The number of likely N-dealkylation sites (N-methyl/N-ethyl adjacent to an activating group) is 1. The molecule has 160 valence electrons. The molecule has 0 bridgehead atoms. The number of methoxy groups -OCH3 is 1. The number of aryl methyl sites for hydroxylation is 1. The molecular weight excluding hydrogens is 382 g/mol. The van der Waals surface area contributed by atoms with Crippen molar-refractivity contribution in [2.75, 3.05) is 46.9 Å². The molecule has 1 aliphatic heterocycles. The van der Waals surface area contributed by atoms with Gasteiger partial charge in [0.05, 0.1) is 13.2 Å². The summed E-state index contributed by atoms with van der Waals surface area (Å²) in [7, 11) is 3.77. The molecule has 2 aromatic heterocycles. The molecule has 0 radical (unpaired) electrons. The minimum Gasteiger partial charge on any atom is -0.383 e. The fraction of sp³-hybridized carbons (Fsp3) is 0.524. The Morgan fingerprint density at radius 3 is 2.73 bits per heavy atom. The minimum atomic E-state index is -0.316. The summed E-state index contributed by atoms with van der Waals surface area (Å²) in [6, 6.07) is 7.87. The number of tetrazole rings is 1. The van der Waals surface area contributed by atoms with Gasteiger partial charge in [-0.2, -0.15) is 0 Å². The average Bonchev–Trinajstić information content (AvgIpc) is 3.22. The van der Waals surface area contributed by atoms with Crippen molar-refractivity contribution in [3.63, 3.8) is 0 Å². The van der Waals surface area contributed by atoms with Gasteiger partial charge in [0, 0.05) is 44.4 Å². The summed E-state index contributed by atoms with van der Waals surface area (Å²) in [5, 5.41) is 13.4. The van der Waals surface area contributed by atoms with Crippen LogP contribution < -0.4 is 5.56 Å². The molecule has 0 spiro atoms. The van der Waals surface area contributed by atoms with Gasteiger partial charge in [0.15, 0.2) is 5.82 Å². The predicted octanol–water partition coefficient (Wildman–Crippen LogP) is 1.06. The molecule has 1 saturated heterocycles. The number of piperazine rings is 1. The first kappa shape index (κ1) is 20.6. The highest BCUT2D eigenvalue weighted by Gasteiger charge is 2.32. The van der Waals surface area contributed by atoms with Crippen molar-refractivity contribution in [3.05, 3.63) is 51.6 Å². The Balaban J connectivity index is 1.82. The number of hydrogen-bond donors (Lipinski definition) is 1. The predicted molar refractivity (Wildman–Crippen MR) is 115 cm³/mol. The number of aromatic nitrogens is 5. The van der Waals surface area contributed by atoms with Gasteiger partial charge in [-0.15, -0.1) is 5.10 Å². The van der Waals surface area contributed by atoms with E-state index in [0.29, 0.717) is 24.5 Å². The fourth-order valence-electron chi connectivity index (χ4n) is 4.02. The van der Waals surface area contributed by atoms with Crippen LogP contribution >= 0.6 is 0 Å². The number of pyridine rings is 1. The minimum absolute atomic E-state index is 0.100. The van der Waals surface area contributed by atoms with E-state index in [2.05, 4.69) is 56.4 Å². The molecule has 1 unspecified atom stereocenters. The summed E-state index contributed by atoms with van der Waals surface area (Å²) in [5.41, 5.74) is 2.66. The maximum Gasteiger partial charge on any atom is 0.253 e. The third-order valence-electron chi connectivity index (χ3n) is 5.85. The third-order valence-corrected chi connectivity index (χ3v) is 5.85. The molecule has 1 atom stereocenters. The first-order chi connectivity index (χ1) is 14.6. The van der Waals surface area contributed by atoms with Gasteiger partial charge in [0.1, 0.15) is 6.04 Å². The Morgan fingerprint density at radius 1 is 1.20 bits per heavy atom. The van der Waals surface area contributed by atoms with E-state index in [1.54, 1.807) is 11.8 Å². The average molecular weight is 412 g/mol. The molecule has 0 saturated carbocycles. The van der Waals surface area contributed by atoms with Gasteiger partial charge in [-0.3, -0.25) is 9.69 Å². The molecule has 0 amide bonds. The fourth-order valence-corrected chi connectivity index (χ4v) is 4.02. The zero-order valence-corrected chi connectivity index (χ0v) is 17.8. The number of aromatic amines is 1. The largest absolute Gasteiger partial charge is 0.383 e. The van der Waals surface area contributed by atoms with Crippen molar-refractivity contribution in [2.45, 2.75) is 25.9 Å². The highest BCUT2D eigenvalue weighted by Crippen LogP contribution is 2.27. The van der Waals surface area contributed by atoms with Crippen molar-refractivity contribution in [2.24, 2.45) is 0 Å². The number of hydrogen-bond acceptors (Lipinski definition) is 7. The number of nitrogens with one attached hydrogen (secondary N) is 1. The van der Waals surface area contributed by atoms with Crippen LogP contribution in [0.15, 0.2) is 29.1 Å². The quantitative estimate of drug-likeness (QED) is 0.621. The second-order valence-electron chi connectivity index (χ2n) is 7.82. The first-order valence-corrected chi connectivity index (χ1v) is 10.4. The Bertz CT molecular complexity index is 1050. The van der Waals surface area contributed by atoms with Crippen molar-refractivity contribution < 1.29 is 4.74 Å². The van der Waals surface area contributed by atoms with Crippen LogP contribution in [0.2, 0.25) is 0 Å². The van der Waals surface area contributed by atoms with Crippen molar-refractivity contribution >= 4 is 10.9 Å². The van der Waals surface area contributed by atoms with Crippen molar-refractivity contribution in [3.8, 4) is 0 Å². The van der Waals surface area contributed by atoms with Crippen LogP contribution in [0, 0.1) is 0 Å². The summed E-state index contributed by atoms with van der Waals surface area (Å²) >= 11 is 0. The van der Waals surface area contributed by atoms with Crippen LogP contribution in [0.5, 0.6) is 0 Å². The molecule has 1 aromatic carbocycles. The second-order valence-corrected chi connectivity index (χ2v) is 7.82. The maximum atomic E-state index is 13.2. The summed E-state index contributed by atoms with van der Waals surface area (Å²) in [4.78, 5) is 20.8. The Labute approximate surface area is 175 Å². The van der Waals surface area contributed by atoms with Gasteiger partial charge in [0.25, 0.3) is 5.56 Å². The molecule has 9 heteroatoms. The van der Waals surface area contributed by atoms with Crippen LogP contribution in [-0.2, 0) is 17.7 Å². The SMILES string of the molecule is CCc1ccc2[nH]c(=O)c(C(c3nnnn3CCOC)N3CCN(C)CC3)cc2c1. The van der Waals surface area contributed by atoms with Crippen molar-refractivity contribution in [1.29, 1.82) is 0 Å². The lowest BCUT2D eigenvalue weighted by Crippen LogP contribution is -2.47. The number of rotatable bonds is 7. The summed E-state index contributed by atoms with van der Waals surface area (Å²) < 4.78 is 6.97. The number of nitrogens with zero attached hydrogens (tertiary/aromatic N) is 6. The van der Waals surface area contributed by atoms with Crippen LogP contribution in [-0.4, -0.2) is 81.9 Å². The topological polar surface area (TPSA) is 92.2 Å². The molecule has 30 heavy (non-hydrogen) atoms. The van der Waals surface area contributed by atoms with Crippen LogP contribution in [0.1, 0.15) is 29.9 Å². The van der Waals surface area contributed by atoms with E-state index in [4.69, 9.17) is 4.74 Å². The molecule has 4 rings (SSSR count). The summed E-state index contributed by atoms with van der Waals surface area (Å²) in [6.07, 6.45) is 0.946. The molecule has 1 aliphatic rings. The normalized spacial score (nSPS) is 16.9. The van der Waals surface area contributed by atoms with Crippen LogP contribution in [0.3, 0.4) is 0 Å². The van der Waals surface area contributed by atoms with E-state index in [9.17, 15) is 4.79 Å². The third kappa shape index (κ3) is 4.14. The highest BCUT2D eigenvalue weighted by molar-refractivity contribution is 5.80. The first-order valence-electron chi connectivity index (χ1n) is 10.4. The smallest absolute Gasteiger partial charge is 0.253 e. The molecular formula is C21H29N7O2. The van der Waals surface area contributed by atoms with E-state index in [1.165, 1.54) is 5.56 Å². The zero-order chi connectivity index (χ0) is 21.1. The zero-order valence-electron chi connectivity index (χ0n) is 17.8. The number of fused-ring (bicyclic) bond motifs is 1. The van der Waals surface area contributed by atoms with E-state index in [1.807, 2.05) is 12.1 Å². The molecule has 0 aliphatic carbocycles. The lowest BCUT2D eigenvalue weighted by molar-refractivity contribution is 0.119. The molecule has 3 aromatic rings. The lowest BCUT2D eigenvalue weighted by Gasteiger charge is -2.37. The Hall–Kier alpha value is -2.62. The number of benzene rings is 1. The summed E-state index contributed by atoms with van der Waals surface area (Å²) in [6.45, 7) is 6.71. The van der Waals surface area contributed by atoms with Gasteiger partial charge in [0.2, 0.25) is 0 Å². The Kier molecular flexibility index (Phi) is 6.21. The van der Waals surface area contributed by atoms with E-state index >= 15 is 0 Å². The Morgan fingerprint density at radius 2 is 2.00 bits per heavy atom. The second kappa shape index (κ2) is 9.03. The monoisotopic (exact) mass is 411 g/mol. The van der Waals surface area contributed by atoms with Gasteiger partial charge in [-0.25, -0.2) is 4.68 Å². The van der Waals surface area contributed by atoms with Gasteiger partial charge >= 0.3 is 0 Å². The molecule has 9 nitrogen and oxygen atoms in total.